The average Bonchev–Trinajstić information content (AvgIpc) is 3.27. The van der Waals surface area contributed by atoms with Crippen LogP contribution in [-0.4, -0.2) is 28.7 Å². The Balaban J connectivity index is 1.64. The number of rotatable bonds is 9. The summed E-state index contributed by atoms with van der Waals surface area (Å²) in [5.74, 6) is 0.619. The third-order valence-corrected chi connectivity index (χ3v) is 6.83. The van der Waals surface area contributed by atoms with Gasteiger partial charge in [-0.2, -0.15) is 13.2 Å². The number of imidazole rings is 1. The number of carbonyl (C=O) groups excluding carboxylic acids is 1. The number of carbonyl (C=O) groups is 1. The molecule has 1 atom stereocenters. The van der Waals surface area contributed by atoms with E-state index in [0.717, 1.165) is 47.5 Å². The molecule has 4 aromatic rings. The van der Waals surface area contributed by atoms with Crippen molar-refractivity contribution in [2.45, 2.75) is 52.9 Å². The Hall–Kier alpha value is -4.01. The van der Waals surface area contributed by atoms with Crippen LogP contribution in [0.2, 0.25) is 0 Å². The van der Waals surface area contributed by atoms with Crippen LogP contribution in [0, 0.1) is 6.92 Å². The summed E-state index contributed by atoms with van der Waals surface area (Å²) >= 11 is 0. The number of halogens is 3. The first-order valence-corrected chi connectivity index (χ1v) is 13.1. The van der Waals surface area contributed by atoms with Crippen molar-refractivity contribution in [3.63, 3.8) is 0 Å². The summed E-state index contributed by atoms with van der Waals surface area (Å²) in [5, 5.41) is 2.77. The highest BCUT2D eigenvalue weighted by molar-refractivity contribution is 5.86. The van der Waals surface area contributed by atoms with Crippen LogP contribution < -0.4 is 10.2 Å². The second-order valence-electron chi connectivity index (χ2n) is 9.28. The monoisotopic (exact) mass is 538 g/mol. The van der Waals surface area contributed by atoms with Gasteiger partial charge in [-0.3, -0.25) is 5.32 Å². The summed E-state index contributed by atoms with van der Waals surface area (Å²) in [7, 11) is 0. The molecule has 0 bridgehead atoms. The highest BCUT2D eigenvalue weighted by atomic mass is 19.4. The standard InChI is InChI=1S/C30H33F3N4O2/c1-5-36(6-2)23-15-16-24(20(4)17-23)35-29(38)39-27(21-11-10-12-22(18-21)30(31,32)33)19-28-34-25-13-8-9-14-26(25)37(28)7-3/h8-18,27H,5-7,19H2,1-4H3,(H,35,38). The molecule has 0 aliphatic rings. The zero-order chi connectivity index (χ0) is 28.2. The molecule has 0 radical (unpaired) electrons. The van der Waals surface area contributed by atoms with Gasteiger partial charge >= 0.3 is 12.3 Å². The number of nitrogens with zero attached hydrogens (tertiary/aromatic N) is 3. The number of fused-ring (bicyclic) bond motifs is 1. The van der Waals surface area contributed by atoms with Crippen molar-refractivity contribution in [1.29, 1.82) is 0 Å². The maximum atomic E-state index is 13.5. The maximum Gasteiger partial charge on any atom is 0.416 e. The number of aryl methyl sites for hydroxylation is 2. The molecule has 39 heavy (non-hydrogen) atoms. The first-order chi connectivity index (χ1) is 18.6. The Morgan fingerprint density at radius 2 is 1.77 bits per heavy atom. The van der Waals surface area contributed by atoms with Crippen LogP contribution in [0.3, 0.4) is 0 Å². The van der Waals surface area contributed by atoms with Crippen molar-refractivity contribution in [2.75, 3.05) is 23.3 Å². The number of hydrogen-bond donors (Lipinski definition) is 1. The Morgan fingerprint density at radius 1 is 1.03 bits per heavy atom. The fraction of sp³-hybridized carbons (Fsp3) is 0.333. The molecule has 206 valence electrons. The number of nitrogens with one attached hydrogen (secondary N) is 1. The van der Waals surface area contributed by atoms with E-state index in [2.05, 4.69) is 24.1 Å². The molecule has 3 aromatic carbocycles. The van der Waals surface area contributed by atoms with Gasteiger partial charge in [0.15, 0.2) is 0 Å². The van der Waals surface area contributed by atoms with E-state index in [9.17, 15) is 18.0 Å². The molecule has 0 aliphatic heterocycles. The lowest BCUT2D eigenvalue weighted by molar-refractivity contribution is -0.137. The zero-order valence-corrected chi connectivity index (χ0v) is 22.5. The number of anilines is 2. The van der Waals surface area contributed by atoms with Gasteiger partial charge in [0.1, 0.15) is 11.9 Å². The maximum absolute atomic E-state index is 13.5. The first kappa shape index (κ1) is 28.0. The van der Waals surface area contributed by atoms with Gasteiger partial charge in [0.2, 0.25) is 0 Å². The molecular formula is C30H33F3N4O2. The second-order valence-corrected chi connectivity index (χ2v) is 9.28. The van der Waals surface area contributed by atoms with Gasteiger partial charge < -0.3 is 14.2 Å². The van der Waals surface area contributed by atoms with E-state index in [0.29, 0.717) is 18.1 Å². The van der Waals surface area contributed by atoms with E-state index in [1.807, 2.05) is 54.8 Å². The predicted molar refractivity (Wildman–Crippen MR) is 148 cm³/mol. The molecule has 0 aliphatic carbocycles. The number of amides is 1. The summed E-state index contributed by atoms with van der Waals surface area (Å²) in [6.45, 7) is 10.3. The lowest BCUT2D eigenvalue weighted by Crippen LogP contribution is -2.23. The van der Waals surface area contributed by atoms with E-state index < -0.39 is 23.9 Å². The molecular weight excluding hydrogens is 505 g/mol. The van der Waals surface area contributed by atoms with Crippen LogP contribution in [-0.2, 0) is 23.9 Å². The number of aromatic nitrogens is 2. The van der Waals surface area contributed by atoms with E-state index in [-0.39, 0.29) is 12.0 Å². The summed E-state index contributed by atoms with van der Waals surface area (Å²) in [6, 6.07) is 18.2. The van der Waals surface area contributed by atoms with Crippen molar-refractivity contribution in [2.24, 2.45) is 0 Å². The van der Waals surface area contributed by atoms with Gasteiger partial charge in [-0.25, -0.2) is 9.78 Å². The number of ether oxygens (including phenoxy) is 1. The number of alkyl halides is 3. The molecule has 6 nitrogen and oxygen atoms in total. The highest BCUT2D eigenvalue weighted by Crippen LogP contribution is 2.33. The lowest BCUT2D eigenvalue weighted by Gasteiger charge is -2.23. The topological polar surface area (TPSA) is 59.4 Å². The van der Waals surface area contributed by atoms with Crippen molar-refractivity contribution in [3.05, 3.63) is 89.2 Å². The Labute approximate surface area is 226 Å². The number of para-hydroxylation sites is 2. The Kier molecular flexibility index (Phi) is 8.47. The lowest BCUT2D eigenvalue weighted by atomic mass is 10.0. The molecule has 0 spiro atoms. The molecule has 1 aromatic heterocycles. The normalized spacial score (nSPS) is 12.4. The zero-order valence-electron chi connectivity index (χ0n) is 22.5. The van der Waals surface area contributed by atoms with Crippen LogP contribution in [0.15, 0.2) is 66.7 Å². The molecule has 0 fully saturated rings. The third-order valence-electron chi connectivity index (χ3n) is 6.83. The molecule has 4 rings (SSSR count). The largest absolute Gasteiger partial charge is 0.441 e. The summed E-state index contributed by atoms with van der Waals surface area (Å²) in [4.78, 5) is 20.0. The summed E-state index contributed by atoms with van der Waals surface area (Å²) in [6.07, 6.45) is -6.17. The molecule has 1 amide bonds. The number of hydrogen-bond acceptors (Lipinski definition) is 4. The van der Waals surface area contributed by atoms with Crippen LogP contribution in [0.4, 0.5) is 29.3 Å². The first-order valence-electron chi connectivity index (χ1n) is 13.1. The van der Waals surface area contributed by atoms with Gasteiger partial charge in [0, 0.05) is 37.4 Å². The molecule has 9 heteroatoms. The average molecular weight is 539 g/mol. The summed E-state index contributed by atoms with van der Waals surface area (Å²) in [5.41, 5.74) is 3.57. The van der Waals surface area contributed by atoms with Gasteiger partial charge in [-0.15, -0.1) is 0 Å². The fourth-order valence-electron chi connectivity index (χ4n) is 4.78. The van der Waals surface area contributed by atoms with Crippen LogP contribution in [0.25, 0.3) is 11.0 Å². The van der Waals surface area contributed by atoms with Crippen LogP contribution >= 0.6 is 0 Å². The van der Waals surface area contributed by atoms with E-state index >= 15 is 0 Å². The van der Waals surface area contributed by atoms with Crippen LogP contribution in [0.5, 0.6) is 0 Å². The predicted octanol–water partition coefficient (Wildman–Crippen LogP) is 7.76. The molecule has 0 saturated carbocycles. The van der Waals surface area contributed by atoms with Crippen molar-refractivity contribution < 1.29 is 22.7 Å². The van der Waals surface area contributed by atoms with E-state index in [4.69, 9.17) is 9.72 Å². The van der Waals surface area contributed by atoms with Gasteiger partial charge in [-0.05, 0) is 81.3 Å². The molecule has 1 N–H and O–H groups in total. The third kappa shape index (κ3) is 6.35. The molecule has 1 heterocycles. The number of benzene rings is 3. The molecule has 1 unspecified atom stereocenters. The van der Waals surface area contributed by atoms with E-state index in [1.165, 1.54) is 12.1 Å². The second kappa shape index (κ2) is 11.8. The smallest absolute Gasteiger partial charge is 0.416 e. The fourth-order valence-corrected chi connectivity index (χ4v) is 4.78. The Morgan fingerprint density at radius 3 is 2.44 bits per heavy atom. The quantitative estimate of drug-likeness (QED) is 0.237. The van der Waals surface area contributed by atoms with E-state index in [1.54, 1.807) is 6.07 Å². The molecule has 0 saturated heterocycles. The van der Waals surface area contributed by atoms with Gasteiger partial charge in [-0.1, -0.05) is 24.3 Å². The highest BCUT2D eigenvalue weighted by Gasteiger charge is 2.32. The summed E-state index contributed by atoms with van der Waals surface area (Å²) < 4.78 is 48.3. The van der Waals surface area contributed by atoms with Crippen molar-refractivity contribution in [1.82, 2.24) is 9.55 Å². The minimum Gasteiger partial charge on any atom is -0.441 e. The minimum absolute atomic E-state index is 0.108. The van der Waals surface area contributed by atoms with Crippen molar-refractivity contribution >= 4 is 28.5 Å². The SMILES string of the molecule is CCN(CC)c1ccc(NC(=O)OC(Cc2nc3ccccc3n2CC)c2cccc(C(F)(F)F)c2)c(C)c1. The van der Waals surface area contributed by atoms with Crippen LogP contribution in [0.1, 0.15) is 49.4 Å². The van der Waals surface area contributed by atoms with Gasteiger partial charge in [0.25, 0.3) is 0 Å². The minimum atomic E-state index is -4.52. The van der Waals surface area contributed by atoms with Gasteiger partial charge in [0.05, 0.1) is 16.6 Å². The Bertz CT molecular complexity index is 1440. The van der Waals surface area contributed by atoms with Crippen molar-refractivity contribution in [3.8, 4) is 0 Å².